The summed E-state index contributed by atoms with van der Waals surface area (Å²) in [5, 5.41) is 2.73. The average molecular weight is 583 g/mol. The van der Waals surface area contributed by atoms with Crippen molar-refractivity contribution in [1.29, 1.82) is 0 Å². The molecule has 0 spiro atoms. The molecule has 0 bridgehead atoms. The largest absolute Gasteiger partial charge is 1.00 e. The number of allylic oxidation sites excluding steroid dienone is 5. The average Bonchev–Trinajstić information content (AvgIpc) is 3.20. The number of hydrogen-bond acceptors (Lipinski definition) is 0. The number of benzene rings is 2. The molecule has 2 atom stereocenters. The van der Waals surface area contributed by atoms with Crippen LogP contribution in [0.4, 0.5) is 0 Å². The molecule has 0 aromatic heterocycles. The molecule has 0 fully saturated rings. The number of rotatable bonds is 3. The molecule has 2 aromatic rings. The second-order valence-electron chi connectivity index (χ2n) is 17.4. The smallest absolute Gasteiger partial charge is 1.00 e. The molecule has 5 heteroatoms. The van der Waals surface area contributed by atoms with Crippen molar-refractivity contribution in [2.45, 2.75) is 53.0 Å². The minimum atomic E-state index is -4.79. The standard InChI is InChI=1S/C13H9.C10H15.4CH3.2ClH.2H2Si.Zr/c1-2-6-12-10(4-1)8-9-11-5-3-7-13(11)12;1-10(2,3)8-9-6-4-5-7-9;;;;;;;;;/h1-9H;4-7H,8H2,1-3H3;4*1H3;2*1H;2*1H2;/p-2. The molecule has 32 heavy (non-hydrogen) atoms. The molecule has 0 saturated heterocycles. The molecule has 0 nitrogen and oxygen atoms in total. The first-order valence-corrected chi connectivity index (χ1v) is 36.1. The molecule has 2 aliphatic carbocycles. The van der Waals surface area contributed by atoms with Crippen molar-refractivity contribution >= 4 is 30.6 Å². The van der Waals surface area contributed by atoms with Gasteiger partial charge in [-0.25, -0.2) is 0 Å². The molecular formula is C27H40Cl2Si2Zr-2. The monoisotopic (exact) mass is 580 g/mol. The fraction of sp³-hybridized carbons (Fsp3) is 0.407. The molecule has 4 rings (SSSR count). The summed E-state index contributed by atoms with van der Waals surface area (Å²) in [5.41, 5.74) is 4.80. The van der Waals surface area contributed by atoms with E-state index < -0.39 is 11.6 Å². The van der Waals surface area contributed by atoms with Crippen molar-refractivity contribution in [2.75, 3.05) is 0 Å². The minimum absolute atomic E-state index is 0. The number of halogens is 2. The van der Waals surface area contributed by atoms with Gasteiger partial charge in [0.2, 0.25) is 0 Å². The van der Waals surface area contributed by atoms with Crippen molar-refractivity contribution in [1.82, 2.24) is 0 Å². The van der Waals surface area contributed by atoms with Gasteiger partial charge in [0, 0.05) is 0 Å². The first-order valence-electron chi connectivity index (χ1n) is 11.6. The summed E-state index contributed by atoms with van der Waals surface area (Å²) in [6, 6.07) is 13.6. The Morgan fingerprint density at radius 2 is 1.47 bits per heavy atom. The summed E-state index contributed by atoms with van der Waals surface area (Å²) >= 11 is -4.79. The van der Waals surface area contributed by atoms with Gasteiger partial charge in [-0.3, -0.25) is 0 Å². The Kier molecular flexibility index (Phi) is 5.38. The van der Waals surface area contributed by atoms with Crippen molar-refractivity contribution in [3.63, 3.8) is 0 Å². The van der Waals surface area contributed by atoms with Crippen LogP contribution in [0.1, 0.15) is 41.9 Å². The van der Waals surface area contributed by atoms with E-state index in [4.69, 9.17) is 0 Å². The quantitative estimate of drug-likeness (QED) is 0.478. The van der Waals surface area contributed by atoms with Crippen LogP contribution in [0.5, 0.6) is 0 Å². The van der Waals surface area contributed by atoms with Crippen LogP contribution in [0.25, 0.3) is 16.8 Å². The molecule has 0 aliphatic heterocycles. The summed E-state index contributed by atoms with van der Waals surface area (Å²) in [6.07, 6.45) is 13.8. The van der Waals surface area contributed by atoms with Crippen molar-refractivity contribution in [3.05, 3.63) is 77.4 Å². The maximum atomic E-state index is 2.71. The van der Waals surface area contributed by atoms with Gasteiger partial charge in [0.1, 0.15) is 0 Å². The SMILES string of the molecule is CC(C)(C)CC1=C[CH]([Zr]([CH3])([CH3])([CH3])([CH3])(=[SiH2])(=[SiH2])[CH]2C=Cc3c2ccc2ccccc32)C=C1.[Cl-].[Cl-]. The molecule has 0 saturated carbocycles. The zero-order valence-corrected chi connectivity index (χ0v) is 27.7. The van der Waals surface area contributed by atoms with E-state index in [0.29, 0.717) is 12.7 Å². The van der Waals surface area contributed by atoms with Crippen LogP contribution in [0.2, 0.25) is 22.2 Å². The number of hydrogen-bond donors (Lipinski definition) is 0. The Morgan fingerprint density at radius 3 is 2.09 bits per heavy atom. The Labute approximate surface area is 201 Å². The first-order chi connectivity index (χ1) is 13.2. The van der Waals surface area contributed by atoms with Gasteiger partial charge >= 0.3 is 178 Å². The maximum Gasteiger partial charge on any atom is -1.00 e. The molecule has 2 aromatic carbocycles. The van der Waals surface area contributed by atoms with E-state index in [1.54, 1.807) is 0 Å². The van der Waals surface area contributed by atoms with Crippen molar-refractivity contribution in [3.8, 4) is 0 Å². The van der Waals surface area contributed by atoms with Crippen LogP contribution >= 0.6 is 0 Å². The Morgan fingerprint density at radius 1 is 0.844 bits per heavy atom. The van der Waals surface area contributed by atoms with Gasteiger partial charge in [-0.05, 0) is 0 Å². The maximum absolute atomic E-state index is 4.79. The molecule has 0 N–H and O–H groups in total. The van der Waals surface area contributed by atoms with Gasteiger partial charge in [-0.2, -0.15) is 0 Å². The summed E-state index contributed by atoms with van der Waals surface area (Å²) in [7, 11) is 0. The van der Waals surface area contributed by atoms with E-state index in [-0.39, 0.29) is 24.8 Å². The first kappa shape index (κ1) is 28.1. The van der Waals surface area contributed by atoms with E-state index >= 15 is 0 Å². The fourth-order valence-corrected chi connectivity index (χ4v) is 28.7. The number of fused-ring (bicyclic) bond motifs is 3. The predicted molar refractivity (Wildman–Crippen MR) is 141 cm³/mol. The van der Waals surface area contributed by atoms with Gasteiger partial charge in [0.05, 0.1) is 0 Å². The van der Waals surface area contributed by atoms with Gasteiger partial charge < -0.3 is 24.8 Å². The Bertz CT molecular complexity index is 1470. The topological polar surface area (TPSA) is 0 Å². The normalized spacial score (nSPS) is 24.8. The van der Waals surface area contributed by atoms with Crippen LogP contribution in [0, 0.1) is 5.41 Å². The van der Waals surface area contributed by atoms with E-state index in [0.717, 1.165) is 6.42 Å². The van der Waals surface area contributed by atoms with E-state index in [9.17, 15) is 0 Å². The fourth-order valence-electron chi connectivity index (χ4n) is 6.16. The van der Waals surface area contributed by atoms with Crippen LogP contribution in [-0.2, 0) is 11.6 Å². The van der Waals surface area contributed by atoms with Gasteiger partial charge in [-0.1, -0.05) is 0 Å². The minimum Gasteiger partial charge on any atom is -1.00 e. The predicted octanol–water partition coefficient (Wildman–Crippen LogP) is 1.22. The van der Waals surface area contributed by atoms with E-state index in [1.807, 2.05) is 0 Å². The molecule has 2 unspecified atom stereocenters. The molecule has 2 aliphatic rings. The second kappa shape index (κ2) is 6.14. The van der Waals surface area contributed by atoms with Crippen LogP contribution in [-0.4, -0.2) is 13.8 Å². The molecule has 0 heterocycles. The third kappa shape index (κ3) is 4.42. The zero-order chi connectivity index (χ0) is 22.4. The van der Waals surface area contributed by atoms with Crippen LogP contribution in [0.3, 0.4) is 0 Å². The summed E-state index contributed by atoms with van der Waals surface area (Å²) < 4.78 is 11.8. The molecule has 0 radical (unpaired) electrons. The Hall–Kier alpha value is -0.183. The van der Waals surface area contributed by atoms with Crippen molar-refractivity contribution in [2.24, 2.45) is 5.41 Å². The molecular weight excluding hydrogens is 543 g/mol. The summed E-state index contributed by atoms with van der Waals surface area (Å²) in [6.45, 7) is 11.8. The van der Waals surface area contributed by atoms with Crippen LogP contribution < -0.4 is 24.8 Å². The van der Waals surface area contributed by atoms with Crippen molar-refractivity contribution < 1.29 is 36.4 Å². The third-order valence-corrected chi connectivity index (χ3v) is 40.2. The van der Waals surface area contributed by atoms with Gasteiger partial charge in [-0.15, -0.1) is 0 Å². The Balaban J connectivity index is 0.00000181. The third-order valence-electron chi connectivity index (χ3n) is 8.30. The van der Waals surface area contributed by atoms with Gasteiger partial charge in [0.15, 0.2) is 0 Å². The van der Waals surface area contributed by atoms with E-state index in [2.05, 4.69) is 120 Å². The van der Waals surface area contributed by atoms with Gasteiger partial charge in [0.25, 0.3) is 0 Å². The zero-order valence-electron chi connectivity index (χ0n) is 20.9. The summed E-state index contributed by atoms with van der Waals surface area (Å²) in [5.74, 6) is 0. The van der Waals surface area contributed by atoms with Crippen LogP contribution in [0.15, 0.2) is 66.3 Å². The second-order valence-corrected chi connectivity index (χ2v) is 122. The molecule has 0 amide bonds. The summed E-state index contributed by atoms with van der Waals surface area (Å²) in [4.78, 5) is 0. The molecule has 176 valence electrons. The van der Waals surface area contributed by atoms with E-state index in [1.165, 1.54) is 27.5 Å².